The van der Waals surface area contributed by atoms with Gasteiger partial charge in [-0.05, 0) is 44.2 Å². The van der Waals surface area contributed by atoms with Gasteiger partial charge in [0.25, 0.3) is 5.56 Å². The highest BCUT2D eigenvalue weighted by Crippen LogP contribution is 2.32. The summed E-state index contributed by atoms with van der Waals surface area (Å²) in [5.74, 6) is 0.676. The number of ether oxygens (including phenoxy) is 1. The molecule has 4 nitrogen and oxygen atoms in total. The highest BCUT2D eigenvalue weighted by atomic mass is 35.5. The first-order valence-electron chi connectivity index (χ1n) is 6.82. The summed E-state index contributed by atoms with van der Waals surface area (Å²) in [5, 5.41) is 0.595. The minimum absolute atomic E-state index is 0.0768. The molecule has 2 rings (SSSR count). The van der Waals surface area contributed by atoms with Crippen LogP contribution in [0.2, 0.25) is 5.02 Å². The lowest BCUT2D eigenvalue weighted by molar-refractivity contribution is 0.416. The van der Waals surface area contributed by atoms with Crippen molar-refractivity contribution < 1.29 is 4.74 Å². The summed E-state index contributed by atoms with van der Waals surface area (Å²) in [5.41, 5.74) is 7.93. The zero-order valence-corrected chi connectivity index (χ0v) is 13.1. The molecule has 1 aromatic carbocycles. The van der Waals surface area contributed by atoms with Crippen LogP contribution in [0.1, 0.15) is 25.5 Å². The lowest BCUT2D eigenvalue weighted by Crippen LogP contribution is -2.27. The lowest BCUT2D eigenvalue weighted by atomic mass is 10.1. The first-order chi connectivity index (χ1) is 9.99. The number of methoxy groups -OCH3 is 1. The summed E-state index contributed by atoms with van der Waals surface area (Å²) >= 11 is 6.08. The van der Waals surface area contributed by atoms with Crippen molar-refractivity contribution in [3.05, 3.63) is 51.3 Å². The smallest absolute Gasteiger partial charge is 0.255 e. The lowest BCUT2D eigenvalue weighted by Gasteiger charge is -2.16. The highest BCUT2D eigenvalue weighted by molar-refractivity contribution is 6.30. The van der Waals surface area contributed by atoms with Crippen LogP contribution in [-0.4, -0.2) is 11.7 Å². The van der Waals surface area contributed by atoms with Crippen LogP contribution in [0.4, 0.5) is 0 Å². The van der Waals surface area contributed by atoms with Gasteiger partial charge in [0.15, 0.2) is 0 Å². The van der Waals surface area contributed by atoms with Gasteiger partial charge in [-0.15, -0.1) is 0 Å². The van der Waals surface area contributed by atoms with Crippen LogP contribution >= 0.6 is 11.6 Å². The van der Waals surface area contributed by atoms with Crippen LogP contribution in [0.5, 0.6) is 5.75 Å². The van der Waals surface area contributed by atoms with E-state index in [0.717, 1.165) is 11.3 Å². The van der Waals surface area contributed by atoms with Gasteiger partial charge >= 0.3 is 0 Å². The maximum absolute atomic E-state index is 12.5. The van der Waals surface area contributed by atoms with Crippen LogP contribution in [-0.2, 0) is 6.54 Å². The Morgan fingerprint density at radius 1 is 1.33 bits per heavy atom. The Kier molecular flexibility index (Phi) is 4.70. The zero-order valence-electron chi connectivity index (χ0n) is 12.4. The van der Waals surface area contributed by atoms with E-state index in [4.69, 9.17) is 22.1 Å². The van der Waals surface area contributed by atoms with Crippen LogP contribution in [0.15, 0.2) is 35.1 Å². The molecule has 0 saturated carbocycles. The molecule has 0 radical (unpaired) electrons. The molecule has 5 heteroatoms. The van der Waals surface area contributed by atoms with Gasteiger partial charge in [0.1, 0.15) is 5.75 Å². The van der Waals surface area contributed by atoms with Crippen LogP contribution < -0.4 is 16.0 Å². The third-order valence-corrected chi connectivity index (χ3v) is 3.68. The number of halogens is 1. The molecule has 0 bridgehead atoms. The van der Waals surface area contributed by atoms with Crippen molar-refractivity contribution >= 4 is 11.6 Å². The summed E-state index contributed by atoms with van der Waals surface area (Å²) in [6.45, 7) is 4.27. The Hall–Kier alpha value is -1.78. The first kappa shape index (κ1) is 15.6. The fourth-order valence-corrected chi connectivity index (χ4v) is 2.54. The quantitative estimate of drug-likeness (QED) is 0.943. The Balaban J connectivity index is 2.73. The second kappa shape index (κ2) is 6.33. The fourth-order valence-electron chi connectivity index (χ4n) is 2.37. The van der Waals surface area contributed by atoms with E-state index >= 15 is 0 Å². The number of nitrogens with two attached hydrogens (primary N) is 1. The van der Waals surface area contributed by atoms with E-state index < -0.39 is 0 Å². The molecule has 1 atom stereocenters. The van der Waals surface area contributed by atoms with Gasteiger partial charge in [-0.3, -0.25) is 4.79 Å². The number of aromatic nitrogens is 1. The minimum Gasteiger partial charge on any atom is -0.496 e. The van der Waals surface area contributed by atoms with Gasteiger partial charge in [-0.1, -0.05) is 11.6 Å². The molecular weight excluding hydrogens is 288 g/mol. The predicted octanol–water partition coefficient (Wildman–Crippen LogP) is 3.22. The topological polar surface area (TPSA) is 57.2 Å². The largest absolute Gasteiger partial charge is 0.496 e. The second-order valence-electron chi connectivity index (χ2n) is 4.86. The van der Waals surface area contributed by atoms with Crippen molar-refractivity contribution in [1.29, 1.82) is 0 Å². The normalized spacial score (nSPS) is 12.2. The third kappa shape index (κ3) is 2.96. The van der Waals surface area contributed by atoms with Crippen molar-refractivity contribution in [2.75, 3.05) is 7.11 Å². The molecular formula is C16H19ClN2O2. The molecule has 112 valence electrons. The van der Waals surface area contributed by atoms with E-state index in [9.17, 15) is 4.79 Å². The molecule has 0 saturated heterocycles. The van der Waals surface area contributed by atoms with E-state index in [-0.39, 0.29) is 11.6 Å². The third-order valence-electron chi connectivity index (χ3n) is 3.45. The number of hydrogen-bond acceptors (Lipinski definition) is 3. The minimum atomic E-state index is -0.300. The van der Waals surface area contributed by atoms with Gasteiger partial charge in [-0.25, -0.2) is 0 Å². The van der Waals surface area contributed by atoms with Crippen LogP contribution in [0, 0.1) is 0 Å². The van der Waals surface area contributed by atoms with E-state index in [2.05, 4.69) is 0 Å². The average Bonchev–Trinajstić information content (AvgIpc) is 2.46. The summed E-state index contributed by atoms with van der Waals surface area (Å²) in [4.78, 5) is 12.5. The number of benzene rings is 1. The predicted molar refractivity (Wildman–Crippen MR) is 86.0 cm³/mol. The first-order valence-corrected chi connectivity index (χ1v) is 7.20. The van der Waals surface area contributed by atoms with Crippen LogP contribution in [0.3, 0.4) is 0 Å². The summed E-state index contributed by atoms with van der Waals surface area (Å²) < 4.78 is 7.06. The molecule has 0 amide bonds. The number of nitrogens with zero attached hydrogens (tertiary/aromatic N) is 1. The van der Waals surface area contributed by atoms with E-state index in [1.165, 1.54) is 0 Å². The van der Waals surface area contributed by atoms with Gasteiger partial charge < -0.3 is 15.0 Å². The van der Waals surface area contributed by atoms with Crippen molar-refractivity contribution in [1.82, 2.24) is 4.57 Å². The van der Waals surface area contributed by atoms with E-state index in [1.807, 2.05) is 13.0 Å². The number of hydrogen-bond donors (Lipinski definition) is 1. The molecule has 0 aliphatic heterocycles. The molecule has 0 aliphatic rings. The standard InChI is InChI=1S/C16H19ClN2O2/c1-4-19-14(7-6-12(10(2)18)16(19)20)13-9-11(17)5-8-15(13)21-3/h5-10H,4,18H2,1-3H3. The molecule has 0 aliphatic carbocycles. The number of pyridine rings is 1. The Morgan fingerprint density at radius 2 is 2.05 bits per heavy atom. The van der Waals surface area contributed by atoms with Crippen LogP contribution in [0.25, 0.3) is 11.3 Å². The molecule has 21 heavy (non-hydrogen) atoms. The van der Waals surface area contributed by atoms with Gasteiger partial charge in [0.05, 0.1) is 12.8 Å². The second-order valence-corrected chi connectivity index (χ2v) is 5.29. The Labute approximate surface area is 129 Å². The molecule has 0 fully saturated rings. The summed E-state index contributed by atoms with van der Waals surface area (Å²) in [6, 6.07) is 8.71. The fraction of sp³-hybridized carbons (Fsp3) is 0.312. The van der Waals surface area contributed by atoms with E-state index in [1.54, 1.807) is 42.9 Å². The summed E-state index contributed by atoms with van der Waals surface area (Å²) in [6.07, 6.45) is 0. The van der Waals surface area contributed by atoms with Crippen molar-refractivity contribution in [2.45, 2.75) is 26.4 Å². The van der Waals surface area contributed by atoms with Gasteiger partial charge in [0, 0.05) is 28.7 Å². The average molecular weight is 307 g/mol. The zero-order chi connectivity index (χ0) is 15.6. The van der Waals surface area contributed by atoms with Crippen molar-refractivity contribution in [3.63, 3.8) is 0 Å². The highest BCUT2D eigenvalue weighted by Gasteiger charge is 2.15. The summed E-state index contributed by atoms with van der Waals surface area (Å²) in [7, 11) is 1.59. The monoisotopic (exact) mass is 306 g/mol. The van der Waals surface area contributed by atoms with Crippen molar-refractivity contribution in [2.24, 2.45) is 5.73 Å². The molecule has 1 heterocycles. The molecule has 1 aromatic heterocycles. The molecule has 2 aromatic rings. The molecule has 0 spiro atoms. The SMILES string of the molecule is CCn1c(-c2cc(Cl)ccc2OC)ccc(C(C)N)c1=O. The maximum atomic E-state index is 12.5. The molecule has 1 unspecified atom stereocenters. The maximum Gasteiger partial charge on any atom is 0.255 e. The Bertz CT molecular complexity index is 708. The Morgan fingerprint density at radius 3 is 2.62 bits per heavy atom. The molecule has 2 N–H and O–H groups in total. The van der Waals surface area contributed by atoms with Gasteiger partial charge in [-0.2, -0.15) is 0 Å². The van der Waals surface area contributed by atoms with E-state index in [0.29, 0.717) is 22.9 Å². The van der Waals surface area contributed by atoms with Crippen molar-refractivity contribution in [3.8, 4) is 17.0 Å². The number of rotatable bonds is 4. The van der Waals surface area contributed by atoms with Gasteiger partial charge in [0.2, 0.25) is 0 Å².